The second kappa shape index (κ2) is 10.1. The van der Waals surface area contributed by atoms with Gasteiger partial charge in [-0.1, -0.05) is 112 Å². The number of hydrogen-bond donors (Lipinski definition) is 1. The van der Waals surface area contributed by atoms with Crippen molar-refractivity contribution in [1.82, 2.24) is 14.6 Å². The Morgan fingerprint density at radius 3 is 1.87 bits per heavy atom. The molecule has 1 aliphatic rings. The highest BCUT2D eigenvalue weighted by Gasteiger charge is 2.32. The smallest absolute Gasteiger partial charge is 0.165 e. The second-order valence-electron chi connectivity index (χ2n) is 11.3. The van der Waals surface area contributed by atoms with Crippen LogP contribution >= 0.6 is 0 Å². The largest absolute Gasteiger partial charge is 0.345 e. The molecule has 3 aromatic carbocycles. The molecule has 0 aliphatic carbocycles. The lowest BCUT2D eigenvalue weighted by atomic mass is 9.91. The quantitative estimate of drug-likeness (QED) is 0.360. The Labute approximate surface area is 225 Å². The first-order valence-corrected chi connectivity index (χ1v) is 13.6. The Morgan fingerprint density at radius 2 is 1.32 bits per heavy atom. The molecule has 192 valence electrons. The zero-order valence-electron chi connectivity index (χ0n) is 22.5. The average Bonchev–Trinajstić information content (AvgIpc) is 3.39. The Bertz CT molecular complexity index is 1460. The van der Waals surface area contributed by atoms with Crippen LogP contribution in [0.25, 0.3) is 16.8 Å². The van der Waals surface area contributed by atoms with E-state index in [2.05, 4.69) is 127 Å². The van der Waals surface area contributed by atoms with Gasteiger partial charge in [-0.3, -0.25) is 0 Å². The number of hydrogen-bond acceptors (Lipinski definition) is 3. The predicted octanol–water partition coefficient (Wildman–Crippen LogP) is 5.19. The summed E-state index contributed by atoms with van der Waals surface area (Å²) in [5.41, 5.74) is 6.95. The summed E-state index contributed by atoms with van der Waals surface area (Å²) in [5, 5.41) is 4.85. The molecule has 3 heterocycles. The molecular weight excluding hydrogens is 466 g/mol. The highest BCUT2D eigenvalue weighted by Crippen LogP contribution is 2.31. The monoisotopic (exact) mass is 502 g/mol. The fourth-order valence-corrected chi connectivity index (χ4v) is 5.64. The molecule has 0 amide bonds. The van der Waals surface area contributed by atoms with E-state index in [4.69, 9.17) is 10.1 Å². The van der Waals surface area contributed by atoms with Gasteiger partial charge in [-0.05, 0) is 5.56 Å². The third-order valence-corrected chi connectivity index (χ3v) is 7.71. The van der Waals surface area contributed by atoms with Gasteiger partial charge < -0.3 is 9.80 Å². The summed E-state index contributed by atoms with van der Waals surface area (Å²) in [7, 11) is 0. The van der Waals surface area contributed by atoms with Gasteiger partial charge in [0.15, 0.2) is 5.65 Å². The van der Waals surface area contributed by atoms with Gasteiger partial charge in [0.1, 0.15) is 11.9 Å². The van der Waals surface area contributed by atoms with E-state index in [9.17, 15) is 0 Å². The minimum atomic E-state index is -0.0620. The summed E-state index contributed by atoms with van der Waals surface area (Å²) in [6, 6.07) is 35.0. The van der Waals surface area contributed by atoms with Crippen LogP contribution in [0.1, 0.15) is 43.6 Å². The summed E-state index contributed by atoms with van der Waals surface area (Å²) in [6.07, 6.45) is 1.97. The number of aromatic nitrogens is 3. The standard InChI is InChI=1S/C33H35N5/c1-33(2,3)29-23-30(38-32(35-29)28(24-34-38)25-13-7-4-8-14-25)36-19-21-37(22-20-36)31(26-15-9-5-10-16-26)27-17-11-6-12-18-27/h4-18,23-24,31H,19-22H2,1-3H3/p+1. The van der Waals surface area contributed by atoms with E-state index in [1.165, 1.54) is 11.1 Å². The molecule has 1 fully saturated rings. The van der Waals surface area contributed by atoms with Crippen molar-refractivity contribution < 1.29 is 4.90 Å². The van der Waals surface area contributed by atoms with E-state index >= 15 is 0 Å². The van der Waals surface area contributed by atoms with E-state index in [0.717, 1.165) is 54.5 Å². The summed E-state index contributed by atoms with van der Waals surface area (Å²) in [6.45, 7) is 10.7. The zero-order valence-corrected chi connectivity index (χ0v) is 22.5. The van der Waals surface area contributed by atoms with E-state index < -0.39 is 0 Å². The number of nitrogens with zero attached hydrogens (tertiary/aromatic N) is 4. The molecule has 0 atom stereocenters. The Hall–Kier alpha value is -3.96. The Kier molecular flexibility index (Phi) is 6.46. The maximum absolute atomic E-state index is 5.13. The number of rotatable bonds is 5. The lowest BCUT2D eigenvalue weighted by Crippen LogP contribution is -3.15. The summed E-state index contributed by atoms with van der Waals surface area (Å²) >= 11 is 0. The van der Waals surface area contributed by atoms with E-state index in [1.807, 2.05) is 6.20 Å². The normalized spacial score (nSPS) is 14.9. The van der Waals surface area contributed by atoms with Gasteiger partial charge in [-0.2, -0.15) is 9.61 Å². The van der Waals surface area contributed by atoms with Gasteiger partial charge in [0, 0.05) is 28.2 Å². The van der Waals surface area contributed by atoms with Gasteiger partial charge in [0.25, 0.3) is 0 Å². The Morgan fingerprint density at radius 1 is 0.763 bits per heavy atom. The van der Waals surface area contributed by atoms with Crippen molar-refractivity contribution in [3.8, 4) is 11.1 Å². The number of benzene rings is 3. The lowest BCUT2D eigenvalue weighted by molar-refractivity contribution is -0.926. The molecule has 0 saturated carbocycles. The van der Waals surface area contributed by atoms with Crippen LogP contribution in [0.3, 0.4) is 0 Å². The van der Waals surface area contributed by atoms with Crippen molar-refractivity contribution in [2.75, 3.05) is 31.1 Å². The van der Waals surface area contributed by atoms with Crippen molar-refractivity contribution in [3.05, 3.63) is 120 Å². The topological polar surface area (TPSA) is 37.9 Å². The molecule has 0 spiro atoms. The highest BCUT2D eigenvalue weighted by atomic mass is 15.4. The third-order valence-electron chi connectivity index (χ3n) is 7.71. The molecule has 1 aliphatic heterocycles. The molecule has 2 aromatic heterocycles. The molecule has 0 bridgehead atoms. The highest BCUT2D eigenvalue weighted by molar-refractivity contribution is 5.78. The molecule has 38 heavy (non-hydrogen) atoms. The number of nitrogens with one attached hydrogen (secondary N) is 1. The minimum Gasteiger partial charge on any atom is -0.345 e. The zero-order chi connectivity index (χ0) is 26.1. The number of fused-ring (bicyclic) bond motifs is 1. The molecule has 5 heteroatoms. The van der Waals surface area contributed by atoms with Crippen molar-refractivity contribution >= 4 is 11.5 Å². The summed E-state index contributed by atoms with van der Waals surface area (Å²) in [5.74, 6) is 1.14. The van der Waals surface area contributed by atoms with Crippen LogP contribution in [0.5, 0.6) is 0 Å². The van der Waals surface area contributed by atoms with Crippen LogP contribution < -0.4 is 9.80 Å². The maximum atomic E-state index is 5.13. The third kappa shape index (κ3) is 4.70. The van der Waals surface area contributed by atoms with Gasteiger partial charge in [0.2, 0.25) is 0 Å². The van der Waals surface area contributed by atoms with Crippen LogP contribution in [0.4, 0.5) is 5.82 Å². The minimum absolute atomic E-state index is 0.0620. The molecule has 6 rings (SSSR count). The van der Waals surface area contributed by atoms with Gasteiger partial charge >= 0.3 is 0 Å². The van der Waals surface area contributed by atoms with Gasteiger partial charge in [0.05, 0.1) is 38.1 Å². The molecule has 5 nitrogen and oxygen atoms in total. The van der Waals surface area contributed by atoms with Crippen LogP contribution in [0.15, 0.2) is 103 Å². The lowest BCUT2D eigenvalue weighted by Gasteiger charge is -2.38. The molecule has 0 radical (unpaired) electrons. The maximum Gasteiger partial charge on any atom is 0.165 e. The SMILES string of the molecule is CC(C)(C)c1cc(N2CC[NH+](C(c3ccccc3)c3ccccc3)CC2)n2ncc(-c3ccccc3)c2n1. The fraction of sp³-hybridized carbons (Fsp3) is 0.273. The van der Waals surface area contributed by atoms with Crippen molar-refractivity contribution in [3.63, 3.8) is 0 Å². The summed E-state index contributed by atoms with van der Waals surface area (Å²) in [4.78, 5) is 9.23. The van der Waals surface area contributed by atoms with Crippen molar-refractivity contribution in [1.29, 1.82) is 0 Å². The number of quaternary nitrogens is 1. The van der Waals surface area contributed by atoms with E-state index in [1.54, 1.807) is 4.90 Å². The average molecular weight is 503 g/mol. The first kappa shape index (κ1) is 24.4. The van der Waals surface area contributed by atoms with Crippen LogP contribution in [-0.2, 0) is 5.41 Å². The first-order valence-electron chi connectivity index (χ1n) is 13.6. The van der Waals surface area contributed by atoms with E-state index in [0.29, 0.717) is 6.04 Å². The molecule has 1 saturated heterocycles. The second-order valence-corrected chi connectivity index (χ2v) is 11.3. The predicted molar refractivity (Wildman–Crippen MR) is 155 cm³/mol. The van der Waals surface area contributed by atoms with Crippen LogP contribution in [-0.4, -0.2) is 40.8 Å². The first-order chi connectivity index (χ1) is 18.5. The van der Waals surface area contributed by atoms with Gasteiger partial charge in [-0.25, -0.2) is 4.98 Å². The van der Waals surface area contributed by atoms with Crippen LogP contribution in [0, 0.1) is 0 Å². The van der Waals surface area contributed by atoms with Crippen LogP contribution in [0.2, 0.25) is 0 Å². The molecular formula is C33H36N5+. The molecule has 1 N–H and O–H groups in total. The van der Waals surface area contributed by atoms with Gasteiger partial charge in [-0.15, -0.1) is 0 Å². The molecule has 5 aromatic rings. The number of piperazine rings is 1. The number of anilines is 1. The fourth-order valence-electron chi connectivity index (χ4n) is 5.64. The Balaban J connectivity index is 1.34. The van der Waals surface area contributed by atoms with Crippen molar-refractivity contribution in [2.24, 2.45) is 0 Å². The van der Waals surface area contributed by atoms with E-state index in [-0.39, 0.29) is 5.41 Å². The summed E-state index contributed by atoms with van der Waals surface area (Å²) < 4.78 is 2.05. The van der Waals surface area contributed by atoms with Crippen molar-refractivity contribution in [2.45, 2.75) is 32.2 Å². The molecule has 0 unspecified atom stereocenters.